The van der Waals surface area contributed by atoms with Gasteiger partial charge in [-0.1, -0.05) is 0 Å². The van der Waals surface area contributed by atoms with Gasteiger partial charge in [0.05, 0.1) is 13.2 Å². The van der Waals surface area contributed by atoms with Gasteiger partial charge >= 0.3 is 0 Å². The molecule has 0 aromatic rings. The van der Waals surface area contributed by atoms with Crippen LogP contribution in [0.5, 0.6) is 0 Å². The van der Waals surface area contributed by atoms with E-state index in [1.54, 1.807) is 0 Å². The Morgan fingerprint density at radius 2 is 1.50 bits per heavy atom. The van der Waals surface area contributed by atoms with E-state index in [4.69, 9.17) is 33.4 Å². The second-order valence-corrected chi connectivity index (χ2v) is 2.62. The number of aliphatic hydroxyl groups excluding tert-OH is 2. The molecule has 0 fully saturated rings. The zero-order valence-corrected chi connectivity index (χ0v) is 5.73. The summed E-state index contributed by atoms with van der Waals surface area (Å²) in [5.41, 5.74) is 0. The van der Waals surface area contributed by atoms with Crippen molar-refractivity contribution in [2.75, 3.05) is 13.2 Å². The van der Waals surface area contributed by atoms with Crippen molar-refractivity contribution in [2.24, 2.45) is 5.92 Å². The minimum absolute atomic E-state index is 0.172. The number of rotatable bonds is 3. The third-order valence-corrected chi connectivity index (χ3v) is 1.54. The van der Waals surface area contributed by atoms with Gasteiger partial charge < -0.3 is 10.2 Å². The van der Waals surface area contributed by atoms with Crippen LogP contribution in [0.25, 0.3) is 0 Å². The first-order valence-electron chi connectivity index (χ1n) is 2.22. The van der Waals surface area contributed by atoms with Gasteiger partial charge in [0, 0.05) is 5.92 Å². The van der Waals surface area contributed by atoms with Crippen molar-refractivity contribution >= 4 is 23.2 Å². The summed E-state index contributed by atoms with van der Waals surface area (Å²) in [6, 6.07) is 0. The molecule has 0 aromatic heterocycles. The Morgan fingerprint density at radius 1 is 1.12 bits per heavy atom. The second kappa shape index (κ2) is 4.39. The molecule has 0 aliphatic rings. The van der Waals surface area contributed by atoms with Crippen LogP contribution in [-0.2, 0) is 0 Å². The van der Waals surface area contributed by atoms with Crippen LogP contribution in [0, 0.1) is 5.92 Å². The highest BCUT2D eigenvalue weighted by atomic mass is 35.5. The van der Waals surface area contributed by atoms with Crippen LogP contribution in [0.3, 0.4) is 0 Å². The molecule has 0 aliphatic carbocycles. The van der Waals surface area contributed by atoms with Crippen LogP contribution < -0.4 is 0 Å². The summed E-state index contributed by atoms with van der Waals surface area (Å²) >= 11 is 10.6. The topological polar surface area (TPSA) is 40.5 Å². The Bertz CT molecular complexity index is 54.0. The van der Waals surface area contributed by atoms with E-state index in [1.807, 2.05) is 0 Å². The zero-order chi connectivity index (χ0) is 6.57. The van der Waals surface area contributed by atoms with Gasteiger partial charge in [0.2, 0.25) is 0 Å². The third kappa shape index (κ3) is 2.72. The SMILES string of the molecule is OCC(CO)C(Cl)Cl. The fourth-order valence-electron chi connectivity index (χ4n) is 0.217. The van der Waals surface area contributed by atoms with Crippen LogP contribution in [0.4, 0.5) is 0 Å². The monoisotopic (exact) mass is 158 g/mol. The molecule has 0 aliphatic heterocycles. The van der Waals surface area contributed by atoms with Crippen molar-refractivity contribution in [1.82, 2.24) is 0 Å². The Labute approximate surface area is 58.0 Å². The van der Waals surface area contributed by atoms with Gasteiger partial charge in [0.25, 0.3) is 0 Å². The van der Waals surface area contributed by atoms with Gasteiger partial charge in [-0.05, 0) is 0 Å². The summed E-state index contributed by atoms with van der Waals surface area (Å²) in [5, 5.41) is 16.7. The van der Waals surface area contributed by atoms with E-state index in [1.165, 1.54) is 0 Å². The van der Waals surface area contributed by atoms with Crippen molar-refractivity contribution in [2.45, 2.75) is 4.84 Å². The molecule has 4 heteroatoms. The average molecular weight is 159 g/mol. The lowest BCUT2D eigenvalue weighted by Gasteiger charge is -2.09. The minimum Gasteiger partial charge on any atom is -0.396 e. The third-order valence-electron chi connectivity index (χ3n) is 0.825. The smallest absolute Gasteiger partial charge is 0.115 e. The second-order valence-electron chi connectivity index (χ2n) is 1.46. The lowest BCUT2D eigenvalue weighted by Crippen LogP contribution is -2.17. The molecular weight excluding hydrogens is 151 g/mol. The van der Waals surface area contributed by atoms with Crippen molar-refractivity contribution in [3.63, 3.8) is 0 Å². The Hall–Kier alpha value is 0.500. The minimum atomic E-state index is -0.676. The normalized spacial score (nSPS) is 11.2. The number of halogens is 2. The number of hydrogen-bond donors (Lipinski definition) is 2. The number of aliphatic hydroxyl groups is 2. The molecule has 0 bridgehead atoms. The Morgan fingerprint density at radius 3 is 1.50 bits per heavy atom. The molecule has 0 saturated carbocycles. The summed E-state index contributed by atoms with van der Waals surface area (Å²) < 4.78 is 0. The molecule has 0 unspecified atom stereocenters. The van der Waals surface area contributed by atoms with E-state index in [-0.39, 0.29) is 13.2 Å². The first kappa shape index (κ1) is 8.50. The van der Waals surface area contributed by atoms with Crippen molar-refractivity contribution in [1.29, 1.82) is 0 Å². The Balaban J connectivity index is 3.35. The van der Waals surface area contributed by atoms with Crippen molar-refractivity contribution in [3.8, 4) is 0 Å². The summed E-state index contributed by atoms with van der Waals surface area (Å²) in [4.78, 5) is -0.676. The predicted molar refractivity (Wildman–Crippen MR) is 33.2 cm³/mol. The maximum Gasteiger partial charge on any atom is 0.115 e. The van der Waals surface area contributed by atoms with Crippen LogP contribution in [0.2, 0.25) is 0 Å². The molecule has 0 saturated heterocycles. The molecule has 0 heterocycles. The molecule has 0 spiro atoms. The van der Waals surface area contributed by atoms with Crippen LogP contribution in [-0.4, -0.2) is 28.3 Å². The summed E-state index contributed by atoms with van der Waals surface area (Å²) in [5.74, 6) is -0.404. The standard InChI is InChI=1S/C4H8Cl2O2/c5-4(6)3(1-7)2-8/h3-4,7-8H,1-2H2. The highest BCUT2D eigenvalue weighted by Crippen LogP contribution is 2.13. The largest absolute Gasteiger partial charge is 0.396 e. The van der Waals surface area contributed by atoms with Gasteiger partial charge in [-0.3, -0.25) is 0 Å². The van der Waals surface area contributed by atoms with Gasteiger partial charge in [-0.15, -0.1) is 23.2 Å². The Kier molecular flexibility index (Phi) is 4.66. The highest BCUT2D eigenvalue weighted by Gasteiger charge is 2.13. The highest BCUT2D eigenvalue weighted by molar-refractivity contribution is 6.44. The van der Waals surface area contributed by atoms with E-state index in [0.29, 0.717) is 0 Å². The molecular formula is C4H8Cl2O2. The van der Waals surface area contributed by atoms with Gasteiger partial charge in [0.15, 0.2) is 0 Å². The fourth-order valence-corrected chi connectivity index (χ4v) is 0.536. The van der Waals surface area contributed by atoms with Gasteiger partial charge in [-0.25, -0.2) is 0 Å². The molecule has 2 nitrogen and oxygen atoms in total. The fraction of sp³-hybridized carbons (Fsp3) is 1.00. The van der Waals surface area contributed by atoms with Crippen molar-refractivity contribution in [3.05, 3.63) is 0 Å². The van der Waals surface area contributed by atoms with Crippen LogP contribution >= 0.6 is 23.2 Å². The summed E-state index contributed by atoms with van der Waals surface area (Å²) in [6.07, 6.45) is 0. The lowest BCUT2D eigenvalue weighted by atomic mass is 10.2. The average Bonchev–Trinajstić information content (AvgIpc) is 1.69. The van der Waals surface area contributed by atoms with E-state index in [2.05, 4.69) is 0 Å². The molecule has 50 valence electrons. The zero-order valence-electron chi connectivity index (χ0n) is 4.22. The molecule has 0 radical (unpaired) electrons. The van der Waals surface area contributed by atoms with Gasteiger partial charge in [-0.2, -0.15) is 0 Å². The quantitative estimate of drug-likeness (QED) is 0.584. The molecule has 0 amide bonds. The van der Waals surface area contributed by atoms with E-state index in [0.717, 1.165) is 0 Å². The molecule has 2 N–H and O–H groups in total. The molecule has 8 heavy (non-hydrogen) atoms. The first-order valence-corrected chi connectivity index (χ1v) is 3.09. The van der Waals surface area contributed by atoms with E-state index in [9.17, 15) is 0 Å². The predicted octanol–water partition coefficient (Wildman–Crippen LogP) is 0.391. The lowest BCUT2D eigenvalue weighted by molar-refractivity contribution is 0.158. The van der Waals surface area contributed by atoms with Crippen LogP contribution in [0.15, 0.2) is 0 Å². The van der Waals surface area contributed by atoms with E-state index >= 15 is 0 Å². The number of hydrogen-bond acceptors (Lipinski definition) is 2. The van der Waals surface area contributed by atoms with E-state index < -0.39 is 10.8 Å². The van der Waals surface area contributed by atoms with Crippen LogP contribution in [0.1, 0.15) is 0 Å². The summed E-state index contributed by atoms with van der Waals surface area (Å²) in [7, 11) is 0. The maximum absolute atomic E-state index is 8.37. The molecule has 0 atom stereocenters. The number of alkyl halides is 2. The first-order chi connectivity index (χ1) is 3.72. The molecule has 0 aromatic carbocycles. The molecule has 0 rings (SSSR count). The van der Waals surface area contributed by atoms with Gasteiger partial charge in [0.1, 0.15) is 4.84 Å². The summed E-state index contributed by atoms with van der Waals surface area (Å²) in [6.45, 7) is -0.345. The van der Waals surface area contributed by atoms with Crippen molar-refractivity contribution < 1.29 is 10.2 Å². The maximum atomic E-state index is 8.37.